The number of rotatable bonds is 5. The summed E-state index contributed by atoms with van der Waals surface area (Å²) in [5.74, 6) is 0.759. The van der Waals surface area contributed by atoms with Crippen molar-refractivity contribution in [3.05, 3.63) is 83.1 Å². The lowest BCUT2D eigenvalue weighted by Gasteiger charge is -2.32. The van der Waals surface area contributed by atoms with Crippen molar-refractivity contribution in [2.75, 3.05) is 13.1 Å². The Bertz CT molecular complexity index is 931. The molecule has 4 nitrogen and oxygen atoms in total. The lowest BCUT2D eigenvalue weighted by molar-refractivity contribution is 0.0882. The number of nitrogens with one attached hydrogen (secondary N) is 1. The summed E-state index contributed by atoms with van der Waals surface area (Å²) in [6, 6.07) is 21.6. The molecule has 0 unspecified atom stereocenters. The topological polar surface area (TPSA) is 45.5 Å². The second kappa shape index (κ2) is 8.63. The molecule has 0 radical (unpaired) electrons. The number of amides is 1. The Morgan fingerprint density at radius 2 is 1.71 bits per heavy atom. The van der Waals surface area contributed by atoms with E-state index in [0.717, 1.165) is 38.0 Å². The molecule has 3 aromatic rings. The first-order valence-corrected chi connectivity index (χ1v) is 9.99. The fourth-order valence-electron chi connectivity index (χ4n) is 3.60. The van der Waals surface area contributed by atoms with E-state index >= 15 is 0 Å². The maximum absolute atomic E-state index is 12.6. The van der Waals surface area contributed by atoms with Gasteiger partial charge in [-0.3, -0.25) is 9.69 Å². The van der Waals surface area contributed by atoms with Crippen LogP contribution in [0.1, 0.15) is 29.0 Å². The monoisotopic (exact) mass is 394 g/mol. The molecule has 4 rings (SSSR count). The van der Waals surface area contributed by atoms with Crippen LogP contribution in [0.5, 0.6) is 0 Å². The Kier molecular flexibility index (Phi) is 5.79. The summed E-state index contributed by atoms with van der Waals surface area (Å²) in [6.07, 6.45) is 1.88. The fraction of sp³-hybridized carbons (Fsp3) is 0.261. The number of nitrogens with zero attached hydrogens (tertiary/aromatic N) is 1. The molecule has 1 N–H and O–H groups in total. The largest absolute Gasteiger partial charge is 0.451 e. The van der Waals surface area contributed by atoms with E-state index in [1.54, 1.807) is 12.1 Å². The zero-order valence-electron chi connectivity index (χ0n) is 15.6. The first-order valence-electron chi connectivity index (χ1n) is 9.61. The molecule has 0 bridgehead atoms. The number of carbonyl (C=O) groups is 1. The highest BCUT2D eigenvalue weighted by molar-refractivity contribution is 6.33. The molecule has 1 aromatic heterocycles. The number of likely N-dealkylation sites (tertiary alicyclic amines) is 1. The van der Waals surface area contributed by atoms with Gasteiger partial charge in [-0.05, 0) is 42.7 Å². The van der Waals surface area contributed by atoms with Crippen LogP contribution in [0, 0.1) is 0 Å². The van der Waals surface area contributed by atoms with Gasteiger partial charge in [0.25, 0.3) is 5.91 Å². The number of carbonyl (C=O) groups excluding carboxylic acids is 1. The molecule has 144 valence electrons. The summed E-state index contributed by atoms with van der Waals surface area (Å²) in [5, 5.41) is 3.71. The van der Waals surface area contributed by atoms with Gasteiger partial charge in [-0.15, -0.1) is 0 Å². The van der Waals surface area contributed by atoms with Crippen LogP contribution in [-0.4, -0.2) is 29.9 Å². The van der Waals surface area contributed by atoms with Gasteiger partial charge < -0.3 is 9.73 Å². The van der Waals surface area contributed by atoms with Crippen LogP contribution in [0.4, 0.5) is 0 Å². The second-order valence-corrected chi connectivity index (χ2v) is 7.56. The lowest BCUT2D eigenvalue weighted by Crippen LogP contribution is -2.44. The molecule has 1 amide bonds. The van der Waals surface area contributed by atoms with Crippen LogP contribution in [-0.2, 0) is 6.54 Å². The van der Waals surface area contributed by atoms with E-state index in [4.69, 9.17) is 16.0 Å². The molecular formula is C23H23ClN2O2. The Morgan fingerprint density at radius 3 is 2.46 bits per heavy atom. The Labute approximate surface area is 170 Å². The minimum Gasteiger partial charge on any atom is -0.451 e. The van der Waals surface area contributed by atoms with Crippen molar-refractivity contribution in [3.8, 4) is 11.3 Å². The van der Waals surface area contributed by atoms with Crippen LogP contribution in [0.25, 0.3) is 11.3 Å². The molecule has 1 fully saturated rings. The summed E-state index contributed by atoms with van der Waals surface area (Å²) in [4.78, 5) is 15.0. The van der Waals surface area contributed by atoms with Gasteiger partial charge >= 0.3 is 0 Å². The van der Waals surface area contributed by atoms with Crippen LogP contribution >= 0.6 is 11.6 Å². The highest BCUT2D eigenvalue weighted by Crippen LogP contribution is 2.29. The molecule has 1 aliphatic heterocycles. The molecule has 2 aromatic carbocycles. The van der Waals surface area contributed by atoms with Gasteiger partial charge in [0.1, 0.15) is 5.76 Å². The van der Waals surface area contributed by atoms with Crippen molar-refractivity contribution in [3.63, 3.8) is 0 Å². The van der Waals surface area contributed by atoms with Crippen molar-refractivity contribution < 1.29 is 9.21 Å². The first kappa shape index (κ1) is 18.8. The van der Waals surface area contributed by atoms with Gasteiger partial charge in [0.05, 0.1) is 5.02 Å². The molecular weight excluding hydrogens is 372 g/mol. The van der Waals surface area contributed by atoms with Gasteiger partial charge in [-0.2, -0.15) is 0 Å². The van der Waals surface area contributed by atoms with Crippen LogP contribution in [0.3, 0.4) is 0 Å². The van der Waals surface area contributed by atoms with Gasteiger partial charge in [0.2, 0.25) is 0 Å². The smallest absolute Gasteiger partial charge is 0.287 e. The molecule has 1 aliphatic rings. The first-order chi connectivity index (χ1) is 13.7. The predicted octanol–water partition coefficient (Wildman–Crippen LogP) is 4.99. The van der Waals surface area contributed by atoms with Crippen LogP contribution in [0.2, 0.25) is 5.02 Å². The number of hydrogen-bond donors (Lipinski definition) is 1. The SMILES string of the molecule is O=C(NC1CCN(Cc2ccccc2)CC1)c1ccc(-c2ccccc2Cl)o1. The average molecular weight is 395 g/mol. The highest BCUT2D eigenvalue weighted by atomic mass is 35.5. The summed E-state index contributed by atoms with van der Waals surface area (Å²) in [7, 11) is 0. The minimum atomic E-state index is -0.167. The van der Waals surface area contributed by atoms with E-state index in [1.165, 1.54) is 5.56 Å². The molecule has 2 heterocycles. The van der Waals surface area contributed by atoms with Crippen molar-refractivity contribution in [2.45, 2.75) is 25.4 Å². The quantitative estimate of drug-likeness (QED) is 0.662. The third-order valence-electron chi connectivity index (χ3n) is 5.14. The van der Waals surface area contributed by atoms with Crippen molar-refractivity contribution in [1.82, 2.24) is 10.2 Å². The van der Waals surface area contributed by atoms with Crippen molar-refractivity contribution in [1.29, 1.82) is 0 Å². The molecule has 0 aliphatic carbocycles. The number of benzene rings is 2. The summed E-state index contributed by atoms with van der Waals surface area (Å²) < 4.78 is 5.75. The normalized spacial score (nSPS) is 15.5. The maximum Gasteiger partial charge on any atom is 0.287 e. The summed E-state index contributed by atoms with van der Waals surface area (Å²) in [5.41, 5.74) is 2.12. The molecule has 28 heavy (non-hydrogen) atoms. The van der Waals surface area contributed by atoms with E-state index in [9.17, 15) is 4.79 Å². The third-order valence-corrected chi connectivity index (χ3v) is 5.47. The van der Waals surface area contributed by atoms with E-state index in [-0.39, 0.29) is 11.9 Å². The van der Waals surface area contributed by atoms with E-state index in [1.807, 2.05) is 30.3 Å². The van der Waals surface area contributed by atoms with Crippen molar-refractivity contribution in [2.24, 2.45) is 0 Å². The average Bonchev–Trinajstić information content (AvgIpc) is 3.21. The predicted molar refractivity (Wildman–Crippen MR) is 111 cm³/mol. The van der Waals surface area contributed by atoms with Gasteiger partial charge in [0, 0.05) is 31.2 Å². The van der Waals surface area contributed by atoms with Gasteiger partial charge in [-0.25, -0.2) is 0 Å². The van der Waals surface area contributed by atoms with Gasteiger partial charge in [0.15, 0.2) is 5.76 Å². The fourth-order valence-corrected chi connectivity index (χ4v) is 3.83. The van der Waals surface area contributed by atoms with Crippen LogP contribution < -0.4 is 5.32 Å². The minimum absolute atomic E-state index is 0.167. The van der Waals surface area contributed by atoms with E-state index in [2.05, 4.69) is 34.5 Å². The molecule has 0 spiro atoms. The molecule has 5 heteroatoms. The molecule has 1 saturated heterocycles. The zero-order valence-corrected chi connectivity index (χ0v) is 16.4. The molecule has 0 saturated carbocycles. The molecule has 0 atom stereocenters. The van der Waals surface area contributed by atoms with Crippen molar-refractivity contribution >= 4 is 17.5 Å². The number of piperidine rings is 1. The Hall–Kier alpha value is -2.56. The number of hydrogen-bond acceptors (Lipinski definition) is 3. The summed E-state index contributed by atoms with van der Waals surface area (Å²) >= 11 is 6.21. The number of halogens is 1. The van der Waals surface area contributed by atoms with Gasteiger partial charge in [-0.1, -0.05) is 54.1 Å². The standard InChI is InChI=1S/C23H23ClN2O2/c24-20-9-5-4-8-19(20)21-10-11-22(28-21)23(27)25-18-12-14-26(15-13-18)16-17-6-2-1-3-7-17/h1-11,18H,12-16H2,(H,25,27). The Morgan fingerprint density at radius 1 is 1.00 bits per heavy atom. The second-order valence-electron chi connectivity index (χ2n) is 7.15. The van der Waals surface area contributed by atoms with Crippen LogP contribution in [0.15, 0.2) is 71.1 Å². The highest BCUT2D eigenvalue weighted by Gasteiger charge is 2.22. The zero-order chi connectivity index (χ0) is 19.3. The number of furan rings is 1. The van der Waals surface area contributed by atoms with E-state index in [0.29, 0.717) is 16.5 Å². The maximum atomic E-state index is 12.6. The van der Waals surface area contributed by atoms with E-state index < -0.39 is 0 Å². The third kappa shape index (κ3) is 4.46. The lowest BCUT2D eigenvalue weighted by atomic mass is 10.0. The Balaban J connectivity index is 1.31. The summed E-state index contributed by atoms with van der Waals surface area (Å²) in [6.45, 7) is 2.91.